The van der Waals surface area contributed by atoms with Gasteiger partial charge < -0.3 is 9.84 Å². The van der Waals surface area contributed by atoms with E-state index >= 15 is 4.79 Å². The average molecular weight is 775 g/mol. The molecule has 4 amide bonds. The number of hydrogen-bond donors (Lipinski definition) is 2. The molecule has 58 heavy (non-hydrogen) atoms. The molecule has 2 aliphatic carbocycles. The Morgan fingerprint density at radius 2 is 1.55 bits per heavy atom. The van der Waals surface area contributed by atoms with Gasteiger partial charge in [-0.05, 0) is 61.1 Å². The summed E-state index contributed by atoms with van der Waals surface area (Å²) < 4.78 is 6.06. The number of imide groups is 2. The number of nitro benzene ring substituents is 1. The Bertz CT molecular complexity index is 2520. The topological polar surface area (TPSA) is 159 Å². The van der Waals surface area contributed by atoms with Gasteiger partial charge in [-0.1, -0.05) is 102 Å². The maximum atomic E-state index is 15.4. The number of benzene rings is 5. The molecule has 5 aromatic carbocycles. The van der Waals surface area contributed by atoms with E-state index in [0.717, 1.165) is 21.0 Å². The summed E-state index contributed by atoms with van der Waals surface area (Å²) in [6.45, 7) is 2.18. The number of fused-ring (bicyclic) bond motifs is 4. The highest BCUT2D eigenvalue weighted by Crippen LogP contribution is 2.65. The highest BCUT2D eigenvalue weighted by molar-refractivity contribution is 6.22. The number of anilines is 2. The van der Waals surface area contributed by atoms with Crippen LogP contribution in [0.3, 0.4) is 0 Å². The first-order valence-corrected chi connectivity index (χ1v) is 19.2. The molecule has 0 bridgehead atoms. The number of amides is 4. The van der Waals surface area contributed by atoms with E-state index in [9.17, 15) is 29.6 Å². The third kappa shape index (κ3) is 5.74. The number of rotatable bonds is 9. The number of ether oxygens (including phenoxy) is 1. The van der Waals surface area contributed by atoms with E-state index < -0.39 is 63.6 Å². The number of hydrogen-bond acceptors (Lipinski definition) is 9. The second kappa shape index (κ2) is 14.1. The molecule has 4 aliphatic rings. The molecule has 12 nitrogen and oxygen atoms in total. The zero-order chi connectivity index (χ0) is 40.3. The molecule has 0 unspecified atom stereocenters. The number of hydrazine groups is 1. The molecule has 2 aliphatic heterocycles. The summed E-state index contributed by atoms with van der Waals surface area (Å²) in [5, 5.41) is 24.8. The van der Waals surface area contributed by atoms with Crippen molar-refractivity contribution in [1.29, 1.82) is 0 Å². The minimum absolute atomic E-state index is 0.0515. The number of nitro groups is 1. The standard InChI is InChI=1S/C46H38N4O8/c1-27-15-17-30(18-16-27)47-49-43(53)38-25-37-34(21-22-36-40(37)44(54)48(42(36)52)31-13-8-14-32(23-31)50(56)57)41(46(38,45(49)55)29-11-6-3-7-12-29)35-20-19-33(24-39(35)51)58-26-28-9-4-2-5-10-28/h2-21,23-24,36-38,40-41,47,51H,22,25-26H2,1H3/t36-,37+,38-,40-,41+,46+/m0/s1. The van der Waals surface area contributed by atoms with Gasteiger partial charge in [0.1, 0.15) is 18.1 Å². The number of phenolic OH excluding ortho intramolecular Hbond substituents is 1. The largest absolute Gasteiger partial charge is 0.508 e. The van der Waals surface area contributed by atoms with Crippen LogP contribution in [0.1, 0.15) is 41.0 Å². The summed E-state index contributed by atoms with van der Waals surface area (Å²) in [6, 6.07) is 36.3. The zero-order valence-electron chi connectivity index (χ0n) is 31.4. The van der Waals surface area contributed by atoms with E-state index in [1.807, 2.05) is 73.7 Å². The molecule has 0 spiro atoms. The van der Waals surface area contributed by atoms with Gasteiger partial charge in [-0.2, -0.15) is 5.01 Å². The Morgan fingerprint density at radius 3 is 2.26 bits per heavy atom. The summed E-state index contributed by atoms with van der Waals surface area (Å²) in [6.07, 6.45) is 2.09. The summed E-state index contributed by atoms with van der Waals surface area (Å²) in [5.41, 5.74) is 5.36. The SMILES string of the molecule is Cc1ccc(NN2C(=O)[C@@H]3C[C@@H]4C(=CC[C@@H]5C(=O)N(c6cccc([N+](=O)[O-])c6)C(=O)[C@@H]54)[C@H](c4ccc(OCc5ccccc5)cc4O)[C@]3(c3ccccc3)C2=O)cc1. The third-order valence-corrected chi connectivity index (χ3v) is 12.3. The van der Waals surface area contributed by atoms with E-state index in [-0.39, 0.29) is 36.6 Å². The number of carbonyl (C=O) groups is 4. The zero-order valence-corrected chi connectivity index (χ0v) is 31.4. The number of nitrogens with zero attached hydrogens (tertiary/aromatic N) is 3. The molecule has 3 fully saturated rings. The van der Waals surface area contributed by atoms with E-state index in [2.05, 4.69) is 5.43 Å². The molecule has 0 radical (unpaired) electrons. The first-order valence-electron chi connectivity index (χ1n) is 19.2. The van der Waals surface area contributed by atoms with Crippen LogP contribution in [-0.4, -0.2) is 38.7 Å². The molecule has 12 heteroatoms. The number of carbonyl (C=O) groups excluding carboxylic acids is 4. The van der Waals surface area contributed by atoms with Crippen LogP contribution in [0.2, 0.25) is 0 Å². The first kappa shape index (κ1) is 36.6. The van der Waals surface area contributed by atoms with E-state index in [4.69, 9.17) is 4.74 Å². The molecular formula is C46H38N4O8. The number of allylic oxidation sites excluding steroid dienone is 2. The first-order chi connectivity index (χ1) is 28.1. The van der Waals surface area contributed by atoms with Crippen molar-refractivity contribution >= 4 is 40.7 Å². The van der Waals surface area contributed by atoms with Crippen LogP contribution in [0.15, 0.2) is 139 Å². The molecule has 9 rings (SSSR count). The molecule has 5 aromatic rings. The van der Waals surface area contributed by atoms with Gasteiger partial charge >= 0.3 is 0 Å². The lowest BCUT2D eigenvalue weighted by molar-refractivity contribution is -0.384. The molecule has 290 valence electrons. The molecule has 6 atom stereocenters. The molecule has 2 N–H and O–H groups in total. The molecule has 1 saturated carbocycles. The van der Waals surface area contributed by atoms with Gasteiger partial charge in [0.25, 0.3) is 17.5 Å². The smallest absolute Gasteiger partial charge is 0.271 e. The van der Waals surface area contributed by atoms with Gasteiger partial charge in [-0.3, -0.25) is 34.7 Å². The van der Waals surface area contributed by atoms with E-state index in [1.54, 1.807) is 36.4 Å². The van der Waals surface area contributed by atoms with Crippen molar-refractivity contribution in [2.24, 2.45) is 23.7 Å². The van der Waals surface area contributed by atoms with Gasteiger partial charge in [0.15, 0.2) is 0 Å². The number of aryl methyl sites for hydroxylation is 1. The Kier molecular flexibility index (Phi) is 8.91. The van der Waals surface area contributed by atoms with Gasteiger partial charge in [-0.25, -0.2) is 4.90 Å². The third-order valence-electron chi connectivity index (χ3n) is 12.3. The normalized spacial score (nSPS) is 24.8. The number of aromatic hydroxyl groups is 1. The lowest BCUT2D eigenvalue weighted by Gasteiger charge is -2.50. The van der Waals surface area contributed by atoms with Crippen LogP contribution in [-0.2, 0) is 31.2 Å². The Morgan fingerprint density at radius 1 is 0.828 bits per heavy atom. The minimum atomic E-state index is -1.58. The van der Waals surface area contributed by atoms with Crippen molar-refractivity contribution in [3.8, 4) is 11.5 Å². The molecule has 2 saturated heterocycles. The monoisotopic (exact) mass is 774 g/mol. The fraction of sp³-hybridized carbons (Fsp3) is 0.217. The summed E-state index contributed by atoms with van der Waals surface area (Å²) >= 11 is 0. The second-order valence-electron chi connectivity index (χ2n) is 15.4. The van der Waals surface area contributed by atoms with Crippen molar-refractivity contribution in [2.75, 3.05) is 10.3 Å². The average Bonchev–Trinajstić information content (AvgIpc) is 3.62. The lowest BCUT2D eigenvalue weighted by atomic mass is 9.49. The molecular weight excluding hydrogens is 737 g/mol. The van der Waals surface area contributed by atoms with Gasteiger partial charge in [0.05, 0.1) is 39.5 Å². The second-order valence-corrected chi connectivity index (χ2v) is 15.4. The number of phenols is 1. The van der Waals surface area contributed by atoms with Crippen molar-refractivity contribution in [1.82, 2.24) is 5.01 Å². The fourth-order valence-electron chi connectivity index (χ4n) is 9.69. The predicted molar refractivity (Wildman–Crippen MR) is 213 cm³/mol. The maximum absolute atomic E-state index is 15.4. The van der Waals surface area contributed by atoms with Crippen LogP contribution < -0.4 is 15.1 Å². The lowest BCUT2D eigenvalue weighted by Crippen LogP contribution is -2.53. The van der Waals surface area contributed by atoms with Crippen LogP contribution in [0.5, 0.6) is 11.5 Å². The van der Waals surface area contributed by atoms with Gasteiger partial charge in [0, 0.05) is 29.7 Å². The van der Waals surface area contributed by atoms with E-state index in [1.165, 1.54) is 30.3 Å². The Labute approximate surface area is 333 Å². The Hall–Kier alpha value is -7.08. The molecule has 2 heterocycles. The van der Waals surface area contributed by atoms with Gasteiger partial charge in [-0.15, -0.1) is 0 Å². The van der Waals surface area contributed by atoms with Crippen LogP contribution in [0.25, 0.3) is 0 Å². The summed E-state index contributed by atoms with van der Waals surface area (Å²) in [7, 11) is 0. The van der Waals surface area contributed by atoms with Gasteiger partial charge in [0.2, 0.25) is 11.8 Å². The molecule has 0 aromatic heterocycles. The van der Waals surface area contributed by atoms with Crippen molar-refractivity contribution in [3.63, 3.8) is 0 Å². The minimum Gasteiger partial charge on any atom is -0.508 e. The summed E-state index contributed by atoms with van der Waals surface area (Å²) in [4.78, 5) is 71.2. The predicted octanol–water partition coefficient (Wildman–Crippen LogP) is 7.38. The van der Waals surface area contributed by atoms with E-state index in [0.29, 0.717) is 28.1 Å². The quantitative estimate of drug-likeness (QED) is 0.0675. The van der Waals surface area contributed by atoms with Crippen LogP contribution in [0, 0.1) is 40.7 Å². The van der Waals surface area contributed by atoms with Crippen molar-refractivity contribution < 1.29 is 33.9 Å². The van der Waals surface area contributed by atoms with Crippen molar-refractivity contribution in [3.05, 3.63) is 171 Å². The number of nitrogens with one attached hydrogen (secondary N) is 1. The number of non-ortho nitro benzene ring substituents is 1. The highest BCUT2D eigenvalue weighted by Gasteiger charge is 2.70. The Balaban J connectivity index is 1.19. The summed E-state index contributed by atoms with van der Waals surface area (Å²) in [5.74, 6) is -6.23. The van der Waals surface area contributed by atoms with Crippen LogP contribution in [0.4, 0.5) is 17.1 Å². The van der Waals surface area contributed by atoms with Crippen molar-refractivity contribution in [2.45, 2.75) is 37.7 Å². The highest BCUT2D eigenvalue weighted by atomic mass is 16.6. The fourth-order valence-corrected chi connectivity index (χ4v) is 9.69. The van der Waals surface area contributed by atoms with Crippen LogP contribution >= 0.6 is 0 Å². The maximum Gasteiger partial charge on any atom is 0.271 e.